The van der Waals surface area contributed by atoms with E-state index in [9.17, 15) is 9.50 Å². The number of nitrogens with zero attached hydrogens (tertiary/aromatic N) is 6. The number of fused-ring (bicyclic) bond motifs is 2. The van der Waals surface area contributed by atoms with Crippen molar-refractivity contribution in [3.8, 4) is 0 Å². The number of hydrogen-bond acceptors (Lipinski definition) is 8. The van der Waals surface area contributed by atoms with Crippen molar-refractivity contribution in [2.24, 2.45) is 7.05 Å². The van der Waals surface area contributed by atoms with E-state index in [1.165, 1.54) is 6.07 Å². The summed E-state index contributed by atoms with van der Waals surface area (Å²) in [6.45, 7) is 7.98. The molecule has 4 heterocycles. The third-order valence-corrected chi connectivity index (χ3v) is 7.31. The number of halogens is 1. The molecule has 0 radical (unpaired) electrons. The number of hydrogen-bond donors (Lipinski definition) is 3. The van der Waals surface area contributed by atoms with E-state index in [1.54, 1.807) is 24.0 Å². The van der Waals surface area contributed by atoms with Gasteiger partial charge in [-0.3, -0.25) is 4.68 Å². The Morgan fingerprint density at radius 3 is 2.59 bits per heavy atom. The van der Waals surface area contributed by atoms with Crippen LogP contribution in [0.1, 0.15) is 38.5 Å². The maximum Gasteiger partial charge on any atom is 0.225 e. The van der Waals surface area contributed by atoms with E-state index >= 15 is 0 Å². The number of piperazine rings is 1. The first-order chi connectivity index (χ1) is 17.9. The smallest absolute Gasteiger partial charge is 0.225 e. The quantitative estimate of drug-likeness (QED) is 0.356. The van der Waals surface area contributed by atoms with Crippen LogP contribution in [0.3, 0.4) is 0 Å². The molecular weight excluding hydrogens is 471 g/mol. The van der Waals surface area contributed by atoms with Gasteiger partial charge in [0, 0.05) is 85.4 Å². The molecule has 3 unspecified atom stereocenters. The SMILES string of the molecule is CC1CN(c2ccc(C(O)Nc3cc(F)c4nn(C)cc4c3)c3nc(N4CCCC4)ncc23)CC(C)N1. The van der Waals surface area contributed by atoms with Crippen molar-refractivity contribution < 1.29 is 9.50 Å². The molecule has 0 bridgehead atoms. The van der Waals surface area contributed by atoms with Gasteiger partial charge >= 0.3 is 0 Å². The second-order valence-corrected chi connectivity index (χ2v) is 10.4. The molecule has 0 aliphatic carbocycles. The summed E-state index contributed by atoms with van der Waals surface area (Å²) in [6.07, 6.45) is 4.80. The lowest BCUT2D eigenvalue weighted by Crippen LogP contribution is -2.54. The summed E-state index contributed by atoms with van der Waals surface area (Å²) in [5, 5.41) is 23.7. The molecule has 0 spiro atoms. The Labute approximate surface area is 215 Å². The summed E-state index contributed by atoms with van der Waals surface area (Å²) in [7, 11) is 1.76. The van der Waals surface area contributed by atoms with Crippen LogP contribution >= 0.6 is 0 Å². The van der Waals surface area contributed by atoms with Crippen molar-refractivity contribution in [1.82, 2.24) is 25.1 Å². The third-order valence-electron chi connectivity index (χ3n) is 7.31. The Morgan fingerprint density at radius 1 is 1.08 bits per heavy atom. The molecule has 10 heteroatoms. The number of nitrogens with one attached hydrogen (secondary N) is 2. The maximum absolute atomic E-state index is 14.7. The van der Waals surface area contributed by atoms with E-state index in [1.807, 2.05) is 18.3 Å². The molecule has 6 rings (SSSR count). The molecule has 2 aromatic heterocycles. The predicted molar refractivity (Wildman–Crippen MR) is 145 cm³/mol. The van der Waals surface area contributed by atoms with Gasteiger partial charge in [-0.15, -0.1) is 0 Å². The molecule has 194 valence electrons. The second kappa shape index (κ2) is 9.42. The van der Waals surface area contributed by atoms with Crippen LogP contribution in [0, 0.1) is 5.82 Å². The fourth-order valence-corrected chi connectivity index (χ4v) is 5.74. The van der Waals surface area contributed by atoms with Crippen LogP contribution in [0.5, 0.6) is 0 Å². The summed E-state index contributed by atoms with van der Waals surface area (Å²) in [5.74, 6) is 0.245. The minimum absolute atomic E-state index is 0.305. The van der Waals surface area contributed by atoms with Crippen LogP contribution in [0.15, 0.2) is 36.7 Å². The van der Waals surface area contributed by atoms with Crippen LogP contribution in [0.2, 0.25) is 0 Å². The number of rotatable bonds is 5. The highest BCUT2D eigenvalue weighted by atomic mass is 19.1. The van der Waals surface area contributed by atoms with Gasteiger partial charge in [0.05, 0.1) is 5.52 Å². The average Bonchev–Trinajstić information content (AvgIpc) is 3.52. The van der Waals surface area contributed by atoms with Crippen LogP contribution in [0.25, 0.3) is 21.8 Å². The molecule has 2 aliphatic rings. The van der Waals surface area contributed by atoms with Gasteiger partial charge in [-0.2, -0.15) is 5.10 Å². The van der Waals surface area contributed by atoms with E-state index in [0.717, 1.165) is 50.1 Å². The summed E-state index contributed by atoms with van der Waals surface area (Å²) < 4.78 is 16.3. The lowest BCUT2D eigenvalue weighted by Gasteiger charge is -2.38. The third kappa shape index (κ3) is 4.55. The number of aliphatic hydroxyl groups is 1. The molecular formula is C27H33FN8O. The molecule has 0 saturated carbocycles. The Hall–Kier alpha value is -3.50. The van der Waals surface area contributed by atoms with E-state index in [-0.39, 0.29) is 0 Å². The molecule has 3 atom stereocenters. The van der Waals surface area contributed by atoms with Crippen LogP contribution in [-0.4, -0.2) is 63.1 Å². The highest BCUT2D eigenvalue weighted by Gasteiger charge is 2.25. The van der Waals surface area contributed by atoms with Gasteiger partial charge < -0.3 is 25.5 Å². The number of anilines is 3. The molecule has 2 aromatic carbocycles. The molecule has 2 saturated heterocycles. The first-order valence-corrected chi connectivity index (χ1v) is 13.0. The number of aromatic nitrogens is 4. The highest BCUT2D eigenvalue weighted by Crippen LogP contribution is 2.34. The number of aryl methyl sites for hydroxylation is 1. The standard InChI is InChI=1S/C27H33FN8O/c1-16-13-36(14-17(2)30-16)23-7-6-20(25-21(23)12-29-27(32-25)35-8-4-5-9-35)26(37)31-19-10-18-15-34(3)33-24(18)22(28)11-19/h6-7,10-12,15-17,26,30-31,37H,4-5,8-9,13-14H2,1-3H3. The summed E-state index contributed by atoms with van der Waals surface area (Å²) in [6, 6.07) is 7.83. The zero-order valence-electron chi connectivity index (χ0n) is 21.4. The Morgan fingerprint density at radius 2 is 1.84 bits per heavy atom. The Kier molecular flexibility index (Phi) is 6.08. The summed E-state index contributed by atoms with van der Waals surface area (Å²) >= 11 is 0. The van der Waals surface area contributed by atoms with Crippen LogP contribution in [0.4, 0.5) is 21.7 Å². The van der Waals surface area contributed by atoms with Crippen LogP contribution in [-0.2, 0) is 7.05 Å². The van der Waals surface area contributed by atoms with Crippen LogP contribution < -0.4 is 20.4 Å². The number of aliphatic hydroxyl groups excluding tert-OH is 1. The molecule has 0 amide bonds. The monoisotopic (exact) mass is 504 g/mol. The largest absolute Gasteiger partial charge is 0.369 e. The van der Waals surface area contributed by atoms with E-state index in [2.05, 4.69) is 39.4 Å². The normalized spacial score (nSPS) is 21.2. The summed E-state index contributed by atoms with van der Waals surface area (Å²) in [5.41, 5.74) is 3.17. The highest BCUT2D eigenvalue weighted by molar-refractivity contribution is 5.94. The maximum atomic E-state index is 14.7. The van der Waals surface area contributed by atoms with Crippen molar-refractivity contribution in [2.45, 2.75) is 45.0 Å². The van der Waals surface area contributed by atoms with Crippen molar-refractivity contribution in [3.05, 3.63) is 48.0 Å². The zero-order valence-corrected chi connectivity index (χ0v) is 21.4. The lowest BCUT2D eigenvalue weighted by molar-refractivity contribution is 0.209. The van der Waals surface area contributed by atoms with Crippen molar-refractivity contribution in [1.29, 1.82) is 0 Å². The Balaban J connectivity index is 1.40. The fourth-order valence-electron chi connectivity index (χ4n) is 5.74. The van der Waals surface area contributed by atoms with Crippen molar-refractivity contribution in [2.75, 3.05) is 41.3 Å². The molecule has 9 nitrogen and oxygen atoms in total. The van der Waals surface area contributed by atoms with Gasteiger partial charge in [-0.25, -0.2) is 14.4 Å². The molecule has 2 aliphatic heterocycles. The zero-order chi connectivity index (χ0) is 25.7. The second-order valence-electron chi connectivity index (χ2n) is 10.4. The van der Waals surface area contributed by atoms with Crippen molar-refractivity contribution >= 4 is 39.1 Å². The van der Waals surface area contributed by atoms with Gasteiger partial charge in [-0.1, -0.05) is 6.07 Å². The molecule has 37 heavy (non-hydrogen) atoms. The average molecular weight is 505 g/mol. The minimum Gasteiger partial charge on any atom is -0.369 e. The van der Waals surface area contributed by atoms with Gasteiger partial charge in [-0.05, 0) is 44.9 Å². The summed E-state index contributed by atoms with van der Waals surface area (Å²) in [4.78, 5) is 14.3. The fraction of sp³-hybridized carbons (Fsp3) is 0.444. The van der Waals surface area contributed by atoms with E-state index < -0.39 is 12.0 Å². The van der Waals surface area contributed by atoms with Crippen molar-refractivity contribution in [3.63, 3.8) is 0 Å². The predicted octanol–water partition coefficient (Wildman–Crippen LogP) is 3.55. The lowest BCUT2D eigenvalue weighted by atomic mass is 10.0. The Bertz CT molecular complexity index is 1440. The topological polar surface area (TPSA) is 94.4 Å². The van der Waals surface area contributed by atoms with Gasteiger partial charge in [0.1, 0.15) is 5.52 Å². The van der Waals surface area contributed by atoms with Gasteiger partial charge in [0.2, 0.25) is 5.95 Å². The molecule has 4 aromatic rings. The first kappa shape index (κ1) is 23.9. The van der Waals surface area contributed by atoms with E-state index in [4.69, 9.17) is 9.97 Å². The van der Waals surface area contributed by atoms with Gasteiger partial charge in [0.25, 0.3) is 0 Å². The van der Waals surface area contributed by atoms with E-state index in [0.29, 0.717) is 45.7 Å². The molecule has 2 fully saturated rings. The minimum atomic E-state index is -1.09. The van der Waals surface area contributed by atoms with Gasteiger partial charge in [0.15, 0.2) is 12.0 Å². The first-order valence-electron chi connectivity index (χ1n) is 13.0. The molecule has 3 N–H and O–H groups in total. The number of benzene rings is 2.